The van der Waals surface area contributed by atoms with Gasteiger partial charge in [0.2, 0.25) is 0 Å². The first-order valence-electron chi connectivity index (χ1n) is 4.28. The molecule has 2 rings (SSSR count). The zero-order valence-corrected chi connectivity index (χ0v) is 8.94. The number of fused-ring (bicyclic) bond motifs is 1. The molecule has 0 saturated heterocycles. The topological polar surface area (TPSA) is 43.4 Å². The second-order valence-corrected chi connectivity index (χ2v) is 5.73. The zero-order chi connectivity index (χ0) is 10.2. The lowest BCUT2D eigenvalue weighted by molar-refractivity contribution is 0.287. The fourth-order valence-corrected chi connectivity index (χ4v) is 2.24. The third kappa shape index (κ3) is 1.86. The minimum absolute atomic E-state index is 0.0971. The minimum atomic E-state index is -3.64. The quantitative estimate of drug-likeness (QED) is 0.695. The summed E-state index contributed by atoms with van der Waals surface area (Å²) in [7, 11) is 1.57. The third-order valence-electron chi connectivity index (χ3n) is 2.17. The van der Waals surface area contributed by atoms with Crippen LogP contribution in [0.1, 0.15) is 12.0 Å². The molecule has 1 aliphatic rings. The molecule has 1 aromatic rings. The number of halogens is 1. The standard InChI is InChI=1S/C9H9ClO3S/c10-14(11,12)8-4-3-7-2-1-5-13-9(7)6-8/h3-4,6H,1-2,5H2. The van der Waals surface area contributed by atoms with Gasteiger partial charge in [-0.3, -0.25) is 0 Å². The molecule has 0 fully saturated rings. The second kappa shape index (κ2) is 3.44. The van der Waals surface area contributed by atoms with Crippen molar-refractivity contribution in [2.45, 2.75) is 17.7 Å². The summed E-state index contributed by atoms with van der Waals surface area (Å²) in [5.74, 6) is 0.637. The summed E-state index contributed by atoms with van der Waals surface area (Å²) < 4.78 is 27.4. The van der Waals surface area contributed by atoms with Crippen LogP contribution < -0.4 is 4.74 Å². The van der Waals surface area contributed by atoms with E-state index >= 15 is 0 Å². The molecule has 0 atom stereocenters. The minimum Gasteiger partial charge on any atom is -0.493 e. The van der Waals surface area contributed by atoms with Gasteiger partial charge in [0.25, 0.3) is 9.05 Å². The van der Waals surface area contributed by atoms with Crippen LogP contribution in [0, 0.1) is 0 Å². The number of hydrogen-bond acceptors (Lipinski definition) is 3. The maximum Gasteiger partial charge on any atom is 0.261 e. The molecule has 0 bridgehead atoms. The van der Waals surface area contributed by atoms with Gasteiger partial charge in [-0.1, -0.05) is 6.07 Å². The lowest BCUT2D eigenvalue weighted by Crippen LogP contribution is -2.08. The van der Waals surface area contributed by atoms with Gasteiger partial charge in [-0.2, -0.15) is 0 Å². The number of aryl methyl sites for hydroxylation is 1. The molecule has 0 aromatic heterocycles. The monoisotopic (exact) mass is 232 g/mol. The second-order valence-electron chi connectivity index (χ2n) is 3.16. The number of benzene rings is 1. The van der Waals surface area contributed by atoms with E-state index in [0.717, 1.165) is 18.4 Å². The van der Waals surface area contributed by atoms with E-state index in [1.165, 1.54) is 12.1 Å². The van der Waals surface area contributed by atoms with Gasteiger partial charge in [-0.25, -0.2) is 8.42 Å². The Labute approximate surface area is 87.1 Å². The van der Waals surface area contributed by atoms with Crippen molar-refractivity contribution in [3.05, 3.63) is 23.8 Å². The van der Waals surface area contributed by atoms with Crippen molar-refractivity contribution in [3.8, 4) is 5.75 Å². The van der Waals surface area contributed by atoms with Crippen LogP contribution in [0.2, 0.25) is 0 Å². The van der Waals surface area contributed by atoms with Crippen LogP contribution in [0.15, 0.2) is 23.1 Å². The molecule has 14 heavy (non-hydrogen) atoms. The summed E-state index contributed by atoms with van der Waals surface area (Å²) in [5, 5.41) is 0. The molecule has 0 aliphatic carbocycles. The van der Waals surface area contributed by atoms with Crippen LogP contribution in [0.4, 0.5) is 0 Å². The normalized spacial score (nSPS) is 15.8. The Morgan fingerprint density at radius 2 is 2.14 bits per heavy atom. The predicted octanol–water partition coefficient (Wildman–Crippen LogP) is 1.94. The van der Waals surface area contributed by atoms with E-state index in [4.69, 9.17) is 15.4 Å². The van der Waals surface area contributed by atoms with Crippen molar-refractivity contribution in [2.24, 2.45) is 0 Å². The maximum atomic E-state index is 11.0. The van der Waals surface area contributed by atoms with Crippen molar-refractivity contribution in [1.29, 1.82) is 0 Å². The summed E-state index contributed by atoms with van der Waals surface area (Å²) in [4.78, 5) is 0.0971. The van der Waals surface area contributed by atoms with Crippen molar-refractivity contribution < 1.29 is 13.2 Å². The van der Waals surface area contributed by atoms with Crippen LogP contribution in [-0.4, -0.2) is 15.0 Å². The molecule has 0 spiro atoms. The van der Waals surface area contributed by atoms with Crippen molar-refractivity contribution in [1.82, 2.24) is 0 Å². The Morgan fingerprint density at radius 1 is 1.36 bits per heavy atom. The van der Waals surface area contributed by atoms with Crippen LogP contribution in [-0.2, 0) is 15.5 Å². The summed E-state index contributed by atoms with van der Waals surface area (Å²) >= 11 is 0. The zero-order valence-electron chi connectivity index (χ0n) is 7.36. The number of ether oxygens (including phenoxy) is 1. The highest BCUT2D eigenvalue weighted by Gasteiger charge is 2.15. The summed E-state index contributed by atoms with van der Waals surface area (Å²) in [5.41, 5.74) is 1.04. The van der Waals surface area contributed by atoms with E-state index in [1.54, 1.807) is 6.07 Å². The fourth-order valence-electron chi connectivity index (χ4n) is 1.47. The smallest absolute Gasteiger partial charge is 0.261 e. The Balaban J connectivity index is 2.49. The first-order valence-corrected chi connectivity index (χ1v) is 6.59. The lowest BCUT2D eigenvalue weighted by atomic mass is 10.1. The number of rotatable bonds is 1. The van der Waals surface area contributed by atoms with E-state index < -0.39 is 9.05 Å². The van der Waals surface area contributed by atoms with Gasteiger partial charge < -0.3 is 4.74 Å². The van der Waals surface area contributed by atoms with Gasteiger partial charge in [-0.15, -0.1) is 0 Å². The van der Waals surface area contributed by atoms with E-state index in [9.17, 15) is 8.42 Å². The van der Waals surface area contributed by atoms with Crippen LogP contribution in [0.5, 0.6) is 5.75 Å². The molecular formula is C9H9ClO3S. The van der Waals surface area contributed by atoms with Crippen molar-refractivity contribution in [2.75, 3.05) is 6.61 Å². The highest BCUT2D eigenvalue weighted by Crippen LogP contribution is 2.28. The molecule has 3 nitrogen and oxygen atoms in total. The van der Waals surface area contributed by atoms with Crippen molar-refractivity contribution in [3.63, 3.8) is 0 Å². The van der Waals surface area contributed by atoms with Gasteiger partial charge in [0.15, 0.2) is 0 Å². The van der Waals surface area contributed by atoms with Gasteiger partial charge in [0, 0.05) is 16.7 Å². The molecule has 1 heterocycles. The molecule has 0 amide bonds. The summed E-state index contributed by atoms with van der Waals surface area (Å²) in [6.07, 6.45) is 1.90. The first kappa shape index (κ1) is 9.80. The molecule has 0 radical (unpaired) electrons. The summed E-state index contributed by atoms with van der Waals surface area (Å²) in [6, 6.07) is 4.75. The van der Waals surface area contributed by atoms with Gasteiger partial charge in [-0.05, 0) is 24.5 Å². The third-order valence-corrected chi connectivity index (χ3v) is 3.52. The molecule has 1 aliphatic heterocycles. The SMILES string of the molecule is O=S(=O)(Cl)c1ccc2c(c1)OCCC2. The molecule has 0 unspecified atom stereocenters. The van der Waals surface area contributed by atoms with E-state index in [-0.39, 0.29) is 4.90 Å². The van der Waals surface area contributed by atoms with E-state index in [1.807, 2.05) is 0 Å². The van der Waals surface area contributed by atoms with Crippen LogP contribution >= 0.6 is 10.7 Å². The average molecular weight is 233 g/mol. The van der Waals surface area contributed by atoms with Crippen LogP contribution in [0.25, 0.3) is 0 Å². The first-order chi connectivity index (χ1) is 6.57. The molecule has 5 heteroatoms. The van der Waals surface area contributed by atoms with E-state index in [0.29, 0.717) is 12.4 Å². The highest BCUT2D eigenvalue weighted by atomic mass is 35.7. The number of hydrogen-bond donors (Lipinski definition) is 0. The Kier molecular flexibility index (Phi) is 2.41. The van der Waals surface area contributed by atoms with Gasteiger partial charge >= 0.3 is 0 Å². The Bertz CT molecular complexity index is 453. The molecular weight excluding hydrogens is 224 g/mol. The molecule has 76 valence electrons. The molecule has 0 N–H and O–H groups in total. The average Bonchev–Trinajstić information content (AvgIpc) is 2.16. The van der Waals surface area contributed by atoms with Crippen LogP contribution in [0.3, 0.4) is 0 Å². The van der Waals surface area contributed by atoms with Gasteiger partial charge in [0.05, 0.1) is 11.5 Å². The van der Waals surface area contributed by atoms with E-state index in [2.05, 4.69) is 0 Å². The Morgan fingerprint density at radius 3 is 2.86 bits per heavy atom. The lowest BCUT2D eigenvalue weighted by Gasteiger charge is -2.17. The Hall–Kier alpha value is -0.740. The molecule has 0 saturated carbocycles. The fraction of sp³-hybridized carbons (Fsp3) is 0.333. The predicted molar refractivity (Wildman–Crippen MR) is 53.3 cm³/mol. The molecule has 1 aromatic carbocycles. The van der Waals surface area contributed by atoms with Crippen molar-refractivity contribution >= 4 is 19.7 Å². The largest absolute Gasteiger partial charge is 0.493 e. The summed E-state index contributed by atoms with van der Waals surface area (Å²) in [6.45, 7) is 0.638. The highest BCUT2D eigenvalue weighted by molar-refractivity contribution is 8.13. The van der Waals surface area contributed by atoms with Gasteiger partial charge in [0.1, 0.15) is 5.75 Å². The maximum absolute atomic E-state index is 11.0.